The summed E-state index contributed by atoms with van der Waals surface area (Å²) in [5.41, 5.74) is 3.12. The van der Waals surface area contributed by atoms with Crippen molar-refractivity contribution in [3.63, 3.8) is 0 Å². The zero-order valence-electron chi connectivity index (χ0n) is 17.4. The smallest absolute Gasteiger partial charge is 0.246 e. The fourth-order valence-corrected chi connectivity index (χ4v) is 4.28. The maximum atomic E-state index is 13.7. The summed E-state index contributed by atoms with van der Waals surface area (Å²) >= 11 is 0. The van der Waals surface area contributed by atoms with Crippen molar-refractivity contribution in [1.82, 2.24) is 10.6 Å². The molecule has 7 nitrogen and oxygen atoms in total. The molecule has 0 bridgehead atoms. The number of carbonyl (C=O) groups excluding carboxylic acids is 1. The Morgan fingerprint density at radius 2 is 1.90 bits per heavy atom. The topological polar surface area (TPSA) is 90.9 Å². The lowest BCUT2D eigenvalue weighted by molar-refractivity contribution is -0.117. The number of guanidine groups is 1. The molecule has 0 fully saturated rings. The van der Waals surface area contributed by atoms with Gasteiger partial charge in [-0.3, -0.25) is 9.79 Å². The van der Waals surface area contributed by atoms with Crippen LogP contribution < -0.4 is 15.5 Å². The number of anilines is 1. The number of hydrogen-bond acceptors (Lipinski definition) is 4. The third-order valence-corrected chi connectivity index (χ3v) is 5.69. The molecule has 0 aliphatic carbocycles. The first-order chi connectivity index (χ1) is 14.3. The number of sulfone groups is 1. The molecule has 10 heteroatoms. The van der Waals surface area contributed by atoms with Gasteiger partial charge >= 0.3 is 0 Å². The van der Waals surface area contributed by atoms with Crippen molar-refractivity contribution >= 4 is 51.4 Å². The highest BCUT2D eigenvalue weighted by atomic mass is 127. The molecule has 1 amide bonds. The molecule has 0 saturated carbocycles. The highest BCUT2D eigenvalue weighted by Gasteiger charge is 2.23. The fourth-order valence-electron chi connectivity index (χ4n) is 3.43. The summed E-state index contributed by atoms with van der Waals surface area (Å²) in [4.78, 5) is 18.4. The maximum absolute atomic E-state index is 13.7. The van der Waals surface area contributed by atoms with E-state index in [0.29, 0.717) is 23.6 Å². The van der Waals surface area contributed by atoms with Crippen molar-refractivity contribution in [2.45, 2.75) is 18.7 Å². The highest BCUT2D eigenvalue weighted by Crippen LogP contribution is 2.27. The molecule has 0 atom stereocenters. The van der Waals surface area contributed by atoms with Gasteiger partial charge in [-0.25, -0.2) is 12.8 Å². The molecule has 2 aromatic rings. The minimum Gasteiger partial charge on any atom is -0.352 e. The number of rotatable bonds is 6. The zero-order valence-corrected chi connectivity index (χ0v) is 20.5. The Hall–Kier alpha value is -2.21. The van der Waals surface area contributed by atoms with Crippen molar-refractivity contribution in [3.05, 3.63) is 65.0 Å². The molecule has 0 radical (unpaired) electrons. The van der Waals surface area contributed by atoms with Gasteiger partial charge < -0.3 is 15.5 Å². The predicted molar refractivity (Wildman–Crippen MR) is 131 cm³/mol. The summed E-state index contributed by atoms with van der Waals surface area (Å²) < 4.78 is 36.9. The van der Waals surface area contributed by atoms with Gasteiger partial charge in [0.2, 0.25) is 5.91 Å². The van der Waals surface area contributed by atoms with Gasteiger partial charge in [0.15, 0.2) is 15.8 Å². The first kappa shape index (κ1) is 25.1. The zero-order chi connectivity index (χ0) is 21.7. The van der Waals surface area contributed by atoms with Crippen LogP contribution in [-0.2, 0) is 33.4 Å². The van der Waals surface area contributed by atoms with Gasteiger partial charge in [0, 0.05) is 32.1 Å². The average Bonchev–Trinajstić information content (AvgIpc) is 3.13. The molecule has 1 heterocycles. The molecule has 0 unspecified atom stereocenters. The van der Waals surface area contributed by atoms with E-state index >= 15 is 0 Å². The number of fused-ring (bicyclic) bond motifs is 1. The molecule has 0 saturated heterocycles. The number of amides is 1. The molecule has 2 aromatic carbocycles. The summed E-state index contributed by atoms with van der Waals surface area (Å²) in [6.07, 6.45) is 1.97. The minimum atomic E-state index is -3.26. The third kappa shape index (κ3) is 6.89. The van der Waals surface area contributed by atoms with Crippen molar-refractivity contribution in [2.24, 2.45) is 4.99 Å². The van der Waals surface area contributed by atoms with Crippen molar-refractivity contribution < 1.29 is 17.6 Å². The molecule has 0 aromatic heterocycles. The van der Waals surface area contributed by atoms with E-state index in [9.17, 15) is 17.6 Å². The Balaban J connectivity index is 0.00000341. The van der Waals surface area contributed by atoms with Crippen LogP contribution in [0.1, 0.15) is 16.7 Å². The van der Waals surface area contributed by atoms with Crippen molar-refractivity contribution in [3.8, 4) is 0 Å². The standard InChI is InChI=1S/C21H25FN4O3S.HI/c1-23-21(24-12-17-11-18(22)8-7-16(17)14-30(2,28)29)25-13-20(27)26-10-9-15-5-3-4-6-19(15)26;/h3-8,11H,9-10,12-14H2,1-2H3,(H2,23,24,25);1H. The first-order valence-electron chi connectivity index (χ1n) is 9.54. The van der Waals surface area contributed by atoms with Crippen LogP contribution in [0.4, 0.5) is 10.1 Å². The van der Waals surface area contributed by atoms with E-state index in [4.69, 9.17) is 0 Å². The van der Waals surface area contributed by atoms with Gasteiger partial charge in [0.25, 0.3) is 0 Å². The Labute approximate surface area is 199 Å². The fraction of sp³-hybridized carbons (Fsp3) is 0.333. The molecular weight excluding hydrogens is 534 g/mol. The Morgan fingerprint density at radius 1 is 1.16 bits per heavy atom. The van der Waals surface area contributed by atoms with E-state index in [-0.39, 0.29) is 48.7 Å². The molecule has 3 rings (SSSR count). The number of benzene rings is 2. The summed E-state index contributed by atoms with van der Waals surface area (Å²) in [7, 11) is -1.69. The van der Waals surface area contributed by atoms with Gasteiger partial charge in [-0.2, -0.15) is 0 Å². The van der Waals surface area contributed by atoms with Crippen LogP contribution >= 0.6 is 24.0 Å². The Kier molecular flexibility index (Phi) is 8.80. The maximum Gasteiger partial charge on any atom is 0.246 e. The van der Waals surface area contributed by atoms with Gasteiger partial charge in [-0.15, -0.1) is 24.0 Å². The second kappa shape index (κ2) is 10.9. The number of nitrogens with one attached hydrogen (secondary N) is 2. The number of halogens is 2. The first-order valence-corrected chi connectivity index (χ1v) is 11.6. The van der Waals surface area contributed by atoms with Gasteiger partial charge in [-0.05, 0) is 41.3 Å². The van der Waals surface area contributed by atoms with Crippen molar-refractivity contribution in [2.75, 3.05) is 31.3 Å². The molecule has 2 N–H and O–H groups in total. The third-order valence-electron chi connectivity index (χ3n) is 4.85. The van der Waals surface area contributed by atoms with E-state index in [1.54, 1.807) is 11.9 Å². The molecule has 1 aliphatic heterocycles. The van der Waals surface area contributed by atoms with Crippen LogP contribution in [0, 0.1) is 5.82 Å². The predicted octanol–water partition coefficient (Wildman–Crippen LogP) is 2.24. The van der Waals surface area contributed by atoms with Gasteiger partial charge in [0.1, 0.15) is 5.82 Å². The summed E-state index contributed by atoms with van der Waals surface area (Å²) in [6, 6.07) is 11.8. The van der Waals surface area contributed by atoms with Crippen LogP contribution in [0.25, 0.3) is 0 Å². The number of para-hydroxylation sites is 1. The second-order valence-corrected chi connectivity index (χ2v) is 9.33. The van der Waals surface area contributed by atoms with E-state index in [2.05, 4.69) is 15.6 Å². The molecular formula is C21H26FIN4O3S. The minimum absolute atomic E-state index is 0. The van der Waals surface area contributed by atoms with Crippen LogP contribution in [0.5, 0.6) is 0 Å². The Bertz CT molecular complexity index is 1080. The normalized spacial score (nSPS) is 13.4. The monoisotopic (exact) mass is 560 g/mol. The summed E-state index contributed by atoms with van der Waals surface area (Å²) in [5.74, 6) is -0.338. The van der Waals surface area contributed by atoms with E-state index in [1.807, 2.05) is 24.3 Å². The number of carbonyl (C=O) groups is 1. The lowest BCUT2D eigenvalue weighted by Crippen LogP contribution is -2.44. The molecule has 0 spiro atoms. The van der Waals surface area contributed by atoms with Crippen molar-refractivity contribution in [1.29, 1.82) is 0 Å². The summed E-state index contributed by atoms with van der Waals surface area (Å²) in [5, 5.41) is 5.98. The van der Waals surface area contributed by atoms with E-state index in [1.165, 1.54) is 18.2 Å². The van der Waals surface area contributed by atoms with E-state index in [0.717, 1.165) is 23.9 Å². The lowest BCUT2D eigenvalue weighted by Gasteiger charge is -2.19. The van der Waals surface area contributed by atoms with Crippen LogP contribution in [-0.4, -0.2) is 46.7 Å². The van der Waals surface area contributed by atoms with Gasteiger partial charge in [-0.1, -0.05) is 24.3 Å². The van der Waals surface area contributed by atoms with Crippen LogP contribution in [0.2, 0.25) is 0 Å². The average molecular weight is 560 g/mol. The quantitative estimate of drug-likeness (QED) is 0.322. The number of nitrogens with zero attached hydrogens (tertiary/aromatic N) is 2. The molecule has 31 heavy (non-hydrogen) atoms. The van der Waals surface area contributed by atoms with Gasteiger partial charge in [0.05, 0.1) is 12.3 Å². The van der Waals surface area contributed by atoms with Crippen LogP contribution in [0.15, 0.2) is 47.5 Å². The largest absolute Gasteiger partial charge is 0.352 e. The summed E-state index contributed by atoms with van der Waals surface area (Å²) in [6.45, 7) is 0.862. The molecule has 168 valence electrons. The second-order valence-electron chi connectivity index (χ2n) is 7.19. The lowest BCUT2D eigenvalue weighted by atomic mass is 10.1. The number of hydrogen-bond donors (Lipinski definition) is 2. The Morgan fingerprint density at radius 3 is 2.61 bits per heavy atom. The highest BCUT2D eigenvalue weighted by molar-refractivity contribution is 14.0. The number of aliphatic imine (C=N–C) groups is 1. The SMILES string of the molecule is CN=C(NCC(=O)N1CCc2ccccc21)NCc1cc(F)ccc1CS(C)(=O)=O.I. The van der Waals surface area contributed by atoms with E-state index < -0.39 is 15.7 Å². The molecule has 1 aliphatic rings. The van der Waals surface area contributed by atoms with Crippen LogP contribution in [0.3, 0.4) is 0 Å².